The van der Waals surface area contributed by atoms with Gasteiger partial charge in [-0.2, -0.15) is 0 Å². The highest BCUT2D eigenvalue weighted by molar-refractivity contribution is 6.44. The lowest BCUT2D eigenvalue weighted by atomic mass is 9.91. The Balaban J connectivity index is 0.000000185. The largest absolute Gasteiger partial charge is 0.382 e. The number of anilines is 4. The van der Waals surface area contributed by atoms with E-state index in [0.29, 0.717) is 54.2 Å². The summed E-state index contributed by atoms with van der Waals surface area (Å²) in [7, 11) is 0. The summed E-state index contributed by atoms with van der Waals surface area (Å²) in [5, 5.41) is 1.80. The molecule has 2 fully saturated rings. The molecule has 2 saturated heterocycles. The van der Waals surface area contributed by atoms with Crippen LogP contribution < -0.4 is 32.7 Å². The molecule has 4 aromatic rings. The maximum Gasteiger partial charge on any atom is 0.152 e. The number of aryl methyl sites for hydroxylation is 1. The third-order valence-corrected chi connectivity index (χ3v) is 10.3. The summed E-state index contributed by atoms with van der Waals surface area (Å²) >= 11 is 24.7. The number of nitrogen functional groups attached to an aromatic ring is 2. The second-order valence-electron chi connectivity index (χ2n) is 12.8. The molecule has 14 heteroatoms. The molecule has 0 atom stereocenters. The Hall–Kier alpha value is -3.12. The number of benzene rings is 2. The van der Waals surface area contributed by atoms with Gasteiger partial charge in [0.2, 0.25) is 0 Å². The van der Waals surface area contributed by atoms with Crippen LogP contribution in [0.25, 0.3) is 22.5 Å². The van der Waals surface area contributed by atoms with Crippen molar-refractivity contribution in [1.82, 2.24) is 19.9 Å². The van der Waals surface area contributed by atoms with Crippen LogP contribution in [0, 0.1) is 6.92 Å². The van der Waals surface area contributed by atoms with Crippen LogP contribution in [-0.2, 0) is 0 Å². The smallest absolute Gasteiger partial charge is 0.152 e. The van der Waals surface area contributed by atoms with Crippen molar-refractivity contribution in [1.29, 1.82) is 0 Å². The molecule has 4 heterocycles. The van der Waals surface area contributed by atoms with Gasteiger partial charge < -0.3 is 32.7 Å². The third kappa shape index (κ3) is 8.13. The van der Waals surface area contributed by atoms with E-state index in [9.17, 15) is 0 Å². The Morgan fingerprint density at radius 2 is 1.13 bits per heavy atom. The lowest BCUT2D eigenvalue weighted by molar-refractivity contribution is 0.362. The normalized spacial score (nSPS) is 17.2. The van der Waals surface area contributed by atoms with Crippen LogP contribution in [0.3, 0.4) is 0 Å². The van der Waals surface area contributed by atoms with E-state index in [0.717, 1.165) is 69.2 Å². The first-order valence-corrected chi connectivity index (χ1v) is 16.9. The van der Waals surface area contributed by atoms with E-state index in [4.69, 9.17) is 69.3 Å². The molecular weight excluding hydrogens is 678 g/mol. The van der Waals surface area contributed by atoms with Crippen LogP contribution in [-0.4, -0.2) is 57.2 Å². The van der Waals surface area contributed by atoms with Crippen molar-refractivity contribution in [3.63, 3.8) is 0 Å². The summed E-state index contributed by atoms with van der Waals surface area (Å²) in [6.45, 7) is 9.48. The van der Waals surface area contributed by atoms with Gasteiger partial charge in [0.05, 0.1) is 32.0 Å². The first kappa shape index (κ1) is 35.2. The molecule has 10 nitrogen and oxygen atoms in total. The molecule has 0 saturated carbocycles. The van der Waals surface area contributed by atoms with Gasteiger partial charge in [-0.25, -0.2) is 19.9 Å². The van der Waals surface area contributed by atoms with E-state index in [1.807, 2.05) is 31.2 Å². The topological polar surface area (TPSA) is 162 Å². The third-order valence-electron chi connectivity index (χ3n) is 8.71. The van der Waals surface area contributed by atoms with E-state index >= 15 is 0 Å². The van der Waals surface area contributed by atoms with Gasteiger partial charge >= 0.3 is 0 Å². The van der Waals surface area contributed by atoms with Crippen LogP contribution in [0.5, 0.6) is 0 Å². The standard InChI is InChI=1S/C17H21Cl2N5.C16H19Cl2N5/c1-10-16(24-8-6-17(2,21)7-9-24)23-15(20)14(22-10)11-4-3-5-12(18)13(11)19;1-16(20)5-7-23(8-6-16)12-9-21-14(15(19)22-12)10-3-2-4-11(17)13(10)18/h3-5H,6-9,21H2,1-2H3,(H2,20,23);2-4,9H,5-8,20H2,1H3,(H2,19,22). The molecule has 0 unspecified atom stereocenters. The van der Waals surface area contributed by atoms with E-state index in [2.05, 4.69) is 43.6 Å². The van der Waals surface area contributed by atoms with Crippen molar-refractivity contribution in [3.8, 4) is 22.5 Å². The fourth-order valence-electron chi connectivity index (χ4n) is 5.62. The van der Waals surface area contributed by atoms with Crippen LogP contribution in [0.2, 0.25) is 20.1 Å². The summed E-state index contributed by atoms with van der Waals surface area (Å²) in [5.41, 5.74) is 27.7. The predicted octanol–water partition coefficient (Wildman–Crippen LogP) is 7.01. The number of piperidine rings is 2. The lowest BCUT2D eigenvalue weighted by Gasteiger charge is -2.37. The lowest BCUT2D eigenvalue weighted by Crippen LogP contribution is -2.48. The molecule has 47 heavy (non-hydrogen) atoms. The highest BCUT2D eigenvalue weighted by Gasteiger charge is 2.29. The average molecular weight is 719 g/mol. The minimum absolute atomic E-state index is 0.107. The van der Waals surface area contributed by atoms with Gasteiger partial charge in [-0.1, -0.05) is 70.7 Å². The molecule has 2 aliphatic heterocycles. The Kier molecular flexibility index (Phi) is 10.6. The molecule has 2 aromatic carbocycles. The van der Waals surface area contributed by atoms with Crippen molar-refractivity contribution in [2.75, 3.05) is 47.4 Å². The van der Waals surface area contributed by atoms with E-state index in [1.165, 1.54) is 0 Å². The maximum absolute atomic E-state index is 6.29. The van der Waals surface area contributed by atoms with Gasteiger partial charge in [-0.3, -0.25) is 0 Å². The highest BCUT2D eigenvalue weighted by atomic mass is 35.5. The average Bonchev–Trinajstić information content (AvgIpc) is 3.02. The second-order valence-corrected chi connectivity index (χ2v) is 14.4. The van der Waals surface area contributed by atoms with Crippen LogP contribution >= 0.6 is 46.4 Å². The molecule has 250 valence electrons. The van der Waals surface area contributed by atoms with Gasteiger partial charge in [0.1, 0.15) is 17.2 Å². The van der Waals surface area contributed by atoms with E-state index in [1.54, 1.807) is 18.3 Å². The summed E-state index contributed by atoms with van der Waals surface area (Å²) in [6.07, 6.45) is 5.38. The fraction of sp³-hybridized carbons (Fsp3) is 0.394. The Morgan fingerprint density at radius 3 is 1.64 bits per heavy atom. The number of hydrogen-bond acceptors (Lipinski definition) is 10. The Labute approximate surface area is 295 Å². The van der Waals surface area contributed by atoms with Crippen molar-refractivity contribution < 1.29 is 0 Å². The molecule has 0 radical (unpaired) electrons. The molecule has 0 aliphatic carbocycles. The molecule has 2 aliphatic rings. The summed E-state index contributed by atoms with van der Waals surface area (Å²) in [5.74, 6) is 2.26. The minimum Gasteiger partial charge on any atom is -0.382 e. The molecule has 8 N–H and O–H groups in total. The number of halogens is 4. The highest BCUT2D eigenvalue weighted by Crippen LogP contribution is 2.37. The molecule has 0 amide bonds. The van der Waals surface area contributed by atoms with Gasteiger partial charge in [0.15, 0.2) is 17.5 Å². The summed E-state index contributed by atoms with van der Waals surface area (Å²) in [4.78, 5) is 22.5. The first-order valence-electron chi connectivity index (χ1n) is 15.4. The van der Waals surface area contributed by atoms with E-state index < -0.39 is 0 Å². The number of aromatic nitrogens is 4. The van der Waals surface area contributed by atoms with Crippen molar-refractivity contribution >= 4 is 69.7 Å². The number of nitrogens with two attached hydrogens (primary N) is 4. The Morgan fingerprint density at radius 1 is 0.660 bits per heavy atom. The first-order chi connectivity index (χ1) is 22.2. The van der Waals surface area contributed by atoms with Crippen molar-refractivity contribution in [3.05, 3.63) is 68.4 Å². The van der Waals surface area contributed by atoms with E-state index in [-0.39, 0.29) is 11.1 Å². The molecule has 0 spiro atoms. The molecule has 0 bridgehead atoms. The minimum atomic E-state index is -0.113. The van der Waals surface area contributed by atoms with Crippen LogP contribution in [0.1, 0.15) is 45.2 Å². The van der Waals surface area contributed by atoms with Crippen molar-refractivity contribution in [2.45, 2.75) is 57.5 Å². The molecule has 2 aromatic heterocycles. The fourth-order valence-corrected chi connectivity index (χ4v) is 6.40. The molecular formula is C33H40Cl4N10. The van der Waals surface area contributed by atoms with Crippen molar-refractivity contribution in [2.24, 2.45) is 11.5 Å². The zero-order valence-electron chi connectivity index (χ0n) is 26.7. The predicted molar refractivity (Wildman–Crippen MR) is 197 cm³/mol. The summed E-state index contributed by atoms with van der Waals surface area (Å²) in [6, 6.07) is 10.8. The van der Waals surface area contributed by atoms with Gasteiger partial charge in [-0.05, 0) is 58.6 Å². The van der Waals surface area contributed by atoms with Gasteiger partial charge in [0, 0.05) is 48.4 Å². The summed E-state index contributed by atoms with van der Waals surface area (Å²) < 4.78 is 0. The van der Waals surface area contributed by atoms with Gasteiger partial charge in [0.25, 0.3) is 0 Å². The van der Waals surface area contributed by atoms with Crippen LogP contribution in [0.15, 0.2) is 42.6 Å². The Bertz CT molecular complexity index is 1740. The second kappa shape index (κ2) is 14.2. The quantitative estimate of drug-likeness (QED) is 0.173. The monoisotopic (exact) mass is 716 g/mol. The molecule has 6 rings (SSSR count). The number of nitrogens with zero attached hydrogens (tertiary/aromatic N) is 6. The number of rotatable bonds is 4. The number of hydrogen-bond donors (Lipinski definition) is 4. The zero-order valence-corrected chi connectivity index (χ0v) is 29.7. The van der Waals surface area contributed by atoms with Gasteiger partial charge in [-0.15, -0.1) is 0 Å². The van der Waals surface area contributed by atoms with Crippen LogP contribution in [0.4, 0.5) is 23.3 Å². The zero-order chi connectivity index (χ0) is 34.1. The SMILES string of the molecule is CC1(N)CCN(c2cnc(-c3cccc(Cl)c3Cl)c(N)n2)CC1.Cc1nc(-c2cccc(Cl)c2Cl)c(N)nc1N1CCC(C)(N)CC1. The maximum atomic E-state index is 6.29.